The van der Waals surface area contributed by atoms with E-state index in [4.69, 9.17) is 4.74 Å². The van der Waals surface area contributed by atoms with E-state index in [9.17, 15) is 0 Å². The van der Waals surface area contributed by atoms with Gasteiger partial charge in [-0.05, 0) is 32.0 Å². The molecule has 3 heteroatoms. The van der Waals surface area contributed by atoms with Crippen LogP contribution in [0.1, 0.15) is 38.4 Å². The van der Waals surface area contributed by atoms with Gasteiger partial charge < -0.3 is 10.1 Å². The topological polar surface area (TPSA) is 21.3 Å². The number of hydrogen-bond acceptors (Lipinski definition) is 2. The lowest BCUT2D eigenvalue weighted by atomic mass is 10.1. The second kappa shape index (κ2) is 7.85. The summed E-state index contributed by atoms with van der Waals surface area (Å²) in [7, 11) is 1.96. The molecule has 0 bridgehead atoms. The molecule has 17 heavy (non-hydrogen) atoms. The largest absolute Gasteiger partial charge is 0.369 e. The summed E-state index contributed by atoms with van der Waals surface area (Å²) >= 11 is 3.59. The Hall–Kier alpha value is -0.380. The van der Waals surface area contributed by atoms with E-state index in [0.717, 1.165) is 23.9 Å². The quantitative estimate of drug-likeness (QED) is 0.824. The van der Waals surface area contributed by atoms with Gasteiger partial charge in [0.25, 0.3) is 0 Å². The molecule has 0 aliphatic carbocycles. The summed E-state index contributed by atoms with van der Waals surface area (Å²) in [6.07, 6.45) is 2.66. The molecule has 1 N–H and O–H groups in total. The Bertz CT molecular complexity index is 330. The summed E-state index contributed by atoms with van der Waals surface area (Å²) in [6.45, 7) is 5.16. The van der Waals surface area contributed by atoms with E-state index < -0.39 is 0 Å². The fourth-order valence-corrected chi connectivity index (χ4v) is 2.45. The third-order valence-corrected chi connectivity index (χ3v) is 3.46. The van der Waals surface area contributed by atoms with Gasteiger partial charge in [0.2, 0.25) is 0 Å². The van der Waals surface area contributed by atoms with Gasteiger partial charge >= 0.3 is 0 Å². The van der Waals surface area contributed by atoms with Gasteiger partial charge in [0.05, 0.1) is 12.2 Å². The Morgan fingerprint density at radius 2 is 2.06 bits per heavy atom. The highest BCUT2D eigenvalue weighted by molar-refractivity contribution is 9.10. The van der Waals surface area contributed by atoms with E-state index in [-0.39, 0.29) is 6.10 Å². The van der Waals surface area contributed by atoms with Crippen molar-refractivity contribution in [2.24, 2.45) is 0 Å². The van der Waals surface area contributed by atoms with Gasteiger partial charge in [-0.15, -0.1) is 0 Å². The first-order valence-electron chi connectivity index (χ1n) is 6.23. The maximum Gasteiger partial charge on any atom is 0.0963 e. The summed E-state index contributed by atoms with van der Waals surface area (Å²) in [5.41, 5.74) is 1.21. The van der Waals surface area contributed by atoms with E-state index in [1.165, 1.54) is 5.56 Å². The second-order valence-electron chi connectivity index (χ2n) is 4.30. The number of benzene rings is 1. The van der Waals surface area contributed by atoms with Crippen molar-refractivity contribution in [1.29, 1.82) is 0 Å². The lowest BCUT2D eigenvalue weighted by Gasteiger charge is -2.23. The minimum Gasteiger partial charge on any atom is -0.369 e. The lowest BCUT2D eigenvalue weighted by molar-refractivity contribution is -0.00667. The average molecular weight is 300 g/mol. The van der Waals surface area contributed by atoms with Crippen molar-refractivity contribution in [3.63, 3.8) is 0 Å². The van der Waals surface area contributed by atoms with E-state index in [1.54, 1.807) is 0 Å². The van der Waals surface area contributed by atoms with Gasteiger partial charge in [-0.3, -0.25) is 0 Å². The molecule has 0 radical (unpaired) electrons. The molecule has 0 heterocycles. The molecule has 0 saturated carbocycles. The second-order valence-corrected chi connectivity index (χ2v) is 5.16. The standard InChI is InChI=1S/C14H22BrNO/c1-4-7-11(2)17-14(10-16-3)12-8-5-6-9-13(12)15/h5-6,8-9,11,14,16H,4,7,10H2,1-3H3. The van der Waals surface area contributed by atoms with Crippen LogP contribution in [0.2, 0.25) is 0 Å². The zero-order chi connectivity index (χ0) is 12.7. The summed E-state index contributed by atoms with van der Waals surface area (Å²) in [5, 5.41) is 3.20. The van der Waals surface area contributed by atoms with Gasteiger partial charge in [0.1, 0.15) is 0 Å². The zero-order valence-corrected chi connectivity index (χ0v) is 12.5. The van der Waals surface area contributed by atoms with E-state index in [0.29, 0.717) is 6.10 Å². The van der Waals surface area contributed by atoms with Crippen LogP contribution >= 0.6 is 15.9 Å². The highest BCUT2D eigenvalue weighted by Gasteiger charge is 2.16. The smallest absolute Gasteiger partial charge is 0.0963 e. The predicted octanol–water partition coefficient (Wildman–Crippen LogP) is 3.91. The van der Waals surface area contributed by atoms with Crippen LogP contribution in [-0.2, 0) is 4.74 Å². The number of halogens is 1. The van der Waals surface area contributed by atoms with Crippen LogP contribution in [0.25, 0.3) is 0 Å². The fraction of sp³-hybridized carbons (Fsp3) is 0.571. The van der Waals surface area contributed by atoms with Gasteiger partial charge in [-0.1, -0.05) is 47.5 Å². The number of hydrogen-bond donors (Lipinski definition) is 1. The molecule has 96 valence electrons. The summed E-state index contributed by atoms with van der Waals surface area (Å²) < 4.78 is 7.22. The Balaban J connectivity index is 2.75. The molecule has 2 unspecified atom stereocenters. The maximum absolute atomic E-state index is 6.11. The van der Waals surface area contributed by atoms with E-state index in [1.807, 2.05) is 13.1 Å². The van der Waals surface area contributed by atoms with Crippen molar-refractivity contribution >= 4 is 15.9 Å². The molecule has 0 saturated heterocycles. The van der Waals surface area contributed by atoms with Crippen molar-refractivity contribution in [3.05, 3.63) is 34.3 Å². The van der Waals surface area contributed by atoms with Gasteiger partial charge in [0, 0.05) is 11.0 Å². The fourth-order valence-electron chi connectivity index (χ4n) is 1.91. The van der Waals surface area contributed by atoms with Crippen molar-refractivity contribution in [2.45, 2.75) is 38.9 Å². The van der Waals surface area contributed by atoms with Crippen molar-refractivity contribution < 1.29 is 4.74 Å². The minimum atomic E-state index is 0.108. The molecule has 0 aromatic heterocycles. The van der Waals surface area contributed by atoms with Crippen LogP contribution in [0.4, 0.5) is 0 Å². The molecule has 2 atom stereocenters. The van der Waals surface area contributed by atoms with Crippen molar-refractivity contribution in [1.82, 2.24) is 5.32 Å². The predicted molar refractivity (Wildman–Crippen MR) is 76.3 cm³/mol. The Morgan fingerprint density at radius 1 is 1.35 bits per heavy atom. The maximum atomic E-state index is 6.11. The van der Waals surface area contributed by atoms with Crippen LogP contribution in [0.3, 0.4) is 0 Å². The molecular weight excluding hydrogens is 278 g/mol. The number of nitrogens with one attached hydrogen (secondary N) is 1. The minimum absolute atomic E-state index is 0.108. The summed E-state index contributed by atoms with van der Waals surface area (Å²) in [4.78, 5) is 0. The Labute approximate surface area is 113 Å². The van der Waals surface area contributed by atoms with Crippen LogP contribution in [0, 0.1) is 0 Å². The first kappa shape index (κ1) is 14.7. The van der Waals surface area contributed by atoms with Crippen molar-refractivity contribution in [2.75, 3.05) is 13.6 Å². The van der Waals surface area contributed by atoms with Gasteiger partial charge in [0.15, 0.2) is 0 Å². The number of rotatable bonds is 7. The Kier molecular flexibility index (Phi) is 6.78. The SMILES string of the molecule is CCCC(C)OC(CNC)c1ccccc1Br. The van der Waals surface area contributed by atoms with Crippen LogP contribution in [0.15, 0.2) is 28.7 Å². The molecule has 0 fully saturated rings. The molecule has 0 aliphatic heterocycles. The van der Waals surface area contributed by atoms with E-state index in [2.05, 4.69) is 53.3 Å². The third-order valence-electron chi connectivity index (χ3n) is 2.73. The molecule has 0 aliphatic rings. The monoisotopic (exact) mass is 299 g/mol. The molecule has 1 rings (SSSR count). The van der Waals surface area contributed by atoms with Gasteiger partial charge in [-0.25, -0.2) is 0 Å². The molecule has 2 nitrogen and oxygen atoms in total. The highest BCUT2D eigenvalue weighted by Crippen LogP contribution is 2.27. The first-order chi connectivity index (χ1) is 8.19. The van der Waals surface area contributed by atoms with E-state index >= 15 is 0 Å². The Morgan fingerprint density at radius 3 is 2.65 bits per heavy atom. The third kappa shape index (κ3) is 4.78. The first-order valence-corrected chi connectivity index (χ1v) is 7.02. The number of likely N-dealkylation sites (N-methyl/N-ethyl adjacent to an activating group) is 1. The zero-order valence-electron chi connectivity index (χ0n) is 10.9. The van der Waals surface area contributed by atoms with Gasteiger partial charge in [-0.2, -0.15) is 0 Å². The van der Waals surface area contributed by atoms with Crippen LogP contribution in [-0.4, -0.2) is 19.7 Å². The molecule has 0 spiro atoms. The summed E-state index contributed by atoms with van der Waals surface area (Å²) in [5.74, 6) is 0. The van der Waals surface area contributed by atoms with Crippen LogP contribution in [0.5, 0.6) is 0 Å². The highest BCUT2D eigenvalue weighted by atomic mass is 79.9. The lowest BCUT2D eigenvalue weighted by Crippen LogP contribution is -2.23. The molecule has 1 aromatic rings. The molecule has 0 amide bonds. The molecular formula is C14H22BrNO. The normalized spacial score (nSPS) is 14.6. The van der Waals surface area contributed by atoms with Crippen molar-refractivity contribution in [3.8, 4) is 0 Å². The number of ether oxygens (including phenoxy) is 1. The van der Waals surface area contributed by atoms with Crippen LogP contribution < -0.4 is 5.32 Å². The molecule has 1 aromatic carbocycles. The average Bonchev–Trinajstić information content (AvgIpc) is 2.29. The summed E-state index contributed by atoms with van der Waals surface area (Å²) in [6, 6.07) is 8.26.